The van der Waals surface area contributed by atoms with Gasteiger partial charge in [-0.25, -0.2) is 0 Å². The number of likely N-dealkylation sites (N-methyl/N-ethyl adjacent to an activating group) is 1. The summed E-state index contributed by atoms with van der Waals surface area (Å²) < 4.78 is 0. The molecule has 1 atom stereocenters. The minimum atomic E-state index is -0.839. The highest BCUT2D eigenvalue weighted by Gasteiger charge is 2.25. The number of amides is 2. The summed E-state index contributed by atoms with van der Waals surface area (Å²) in [7, 11) is 1.40. The van der Waals surface area contributed by atoms with Crippen LogP contribution in [0.5, 0.6) is 0 Å². The fourth-order valence-corrected chi connectivity index (χ4v) is 3.39. The van der Waals surface area contributed by atoms with E-state index in [2.05, 4.69) is 5.32 Å². The molecule has 29 heavy (non-hydrogen) atoms. The van der Waals surface area contributed by atoms with Gasteiger partial charge in [0.15, 0.2) is 6.19 Å². The first kappa shape index (κ1) is 20.1. The Hall–Kier alpha value is -3.65. The number of fused-ring (bicyclic) bond motifs is 1. The number of hydrogen-bond donors (Lipinski definition) is 1. The summed E-state index contributed by atoms with van der Waals surface area (Å²) in [6, 6.07) is 18.6. The first-order valence-corrected chi connectivity index (χ1v) is 9.42. The van der Waals surface area contributed by atoms with Crippen molar-refractivity contribution in [1.82, 2.24) is 10.2 Å². The fourth-order valence-electron chi connectivity index (χ4n) is 3.39. The first-order chi connectivity index (χ1) is 13.9. The van der Waals surface area contributed by atoms with Crippen molar-refractivity contribution in [3.05, 3.63) is 82.9 Å². The number of carbonyl (C=O) groups excluding carboxylic acids is 2. The van der Waals surface area contributed by atoms with Crippen LogP contribution >= 0.6 is 0 Å². The summed E-state index contributed by atoms with van der Waals surface area (Å²) >= 11 is 0. The maximum atomic E-state index is 12.8. The van der Waals surface area contributed by atoms with E-state index in [0.29, 0.717) is 12.0 Å². The first-order valence-electron chi connectivity index (χ1n) is 9.42. The van der Waals surface area contributed by atoms with Crippen LogP contribution < -0.4 is 5.32 Å². The van der Waals surface area contributed by atoms with Crippen molar-refractivity contribution in [3.63, 3.8) is 0 Å². The Morgan fingerprint density at radius 1 is 1.03 bits per heavy atom. The van der Waals surface area contributed by atoms with Crippen LogP contribution in [0, 0.1) is 25.3 Å². The summed E-state index contributed by atoms with van der Waals surface area (Å²) in [5.74, 6) is -0.772. The van der Waals surface area contributed by atoms with Crippen molar-refractivity contribution in [2.75, 3.05) is 7.05 Å². The number of nitriles is 1. The monoisotopic (exact) mass is 385 g/mol. The number of nitrogens with one attached hydrogen (secondary N) is 1. The molecule has 0 spiro atoms. The summed E-state index contributed by atoms with van der Waals surface area (Å²) in [4.78, 5) is 26.5. The molecule has 2 amide bonds. The van der Waals surface area contributed by atoms with Crippen LogP contribution in [0.4, 0.5) is 0 Å². The SMILES string of the molecule is Cc1ccc(C(=O)NC(Cc2ccc3ccccc3c2)C(=O)N(C)C#N)c(C)c1. The number of hydrogen-bond acceptors (Lipinski definition) is 3. The normalized spacial score (nSPS) is 11.5. The third-order valence-electron chi connectivity index (χ3n) is 4.96. The minimum absolute atomic E-state index is 0.298. The average molecular weight is 385 g/mol. The van der Waals surface area contributed by atoms with Gasteiger partial charge >= 0.3 is 0 Å². The molecule has 3 aromatic carbocycles. The van der Waals surface area contributed by atoms with Gasteiger partial charge in [-0.15, -0.1) is 0 Å². The maximum absolute atomic E-state index is 12.8. The Labute approximate surface area is 170 Å². The molecule has 0 radical (unpaired) electrons. The van der Waals surface area contributed by atoms with E-state index in [1.807, 2.05) is 74.6 Å². The highest BCUT2D eigenvalue weighted by molar-refractivity contribution is 5.99. The number of nitrogens with zero attached hydrogens (tertiary/aromatic N) is 2. The predicted octanol–water partition coefficient (Wildman–Crippen LogP) is 3.74. The quantitative estimate of drug-likeness (QED) is 0.537. The summed E-state index contributed by atoms with van der Waals surface area (Å²) in [5, 5.41) is 14.1. The van der Waals surface area contributed by atoms with E-state index in [4.69, 9.17) is 5.26 Å². The summed E-state index contributed by atoms with van der Waals surface area (Å²) in [6.45, 7) is 3.83. The Morgan fingerprint density at radius 2 is 1.76 bits per heavy atom. The fraction of sp³-hybridized carbons (Fsp3) is 0.208. The zero-order valence-corrected chi connectivity index (χ0v) is 16.8. The van der Waals surface area contributed by atoms with Crippen LogP contribution in [-0.2, 0) is 11.2 Å². The molecule has 0 aliphatic heterocycles. The van der Waals surface area contributed by atoms with Crippen molar-refractivity contribution in [3.8, 4) is 6.19 Å². The number of rotatable bonds is 5. The molecule has 146 valence electrons. The van der Waals surface area contributed by atoms with Gasteiger partial charge in [-0.2, -0.15) is 5.26 Å². The predicted molar refractivity (Wildman–Crippen MR) is 113 cm³/mol. The highest BCUT2D eigenvalue weighted by Crippen LogP contribution is 2.18. The van der Waals surface area contributed by atoms with Crippen molar-refractivity contribution in [2.24, 2.45) is 0 Å². The van der Waals surface area contributed by atoms with Crippen molar-refractivity contribution >= 4 is 22.6 Å². The average Bonchev–Trinajstić information content (AvgIpc) is 2.71. The standard InChI is InChI=1S/C24H23N3O2/c1-16-8-11-21(17(2)12-16)23(28)26-22(24(29)27(3)15-25)14-18-9-10-19-6-4-5-7-20(19)13-18/h4-13,22H,14H2,1-3H3,(H,26,28). The van der Waals surface area contributed by atoms with Gasteiger partial charge in [-0.05, 0) is 41.8 Å². The molecule has 0 fully saturated rings. The number of carbonyl (C=O) groups is 2. The topological polar surface area (TPSA) is 73.2 Å². The van der Waals surface area contributed by atoms with E-state index >= 15 is 0 Å². The van der Waals surface area contributed by atoms with E-state index in [-0.39, 0.29) is 5.91 Å². The molecule has 0 aliphatic rings. The molecule has 5 nitrogen and oxygen atoms in total. The van der Waals surface area contributed by atoms with E-state index in [1.165, 1.54) is 7.05 Å². The molecule has 0 heterocycles. The Morgan fingerprint density at radius 3 is 2.45 bits per heavy atom. The zero-order chi connectivity index (χ0) is 21.0. The summed E-state index contributed by atoms with van der Waals surface area (Å²) in [5.41, 5.74) is 3.33. The molecule has 3 rings (SSSR count). The third kappa shape index (κ3) is 4.61. The van der Waals surface area contributed by atoms with E-state index in [9.17, 15) is 9.59 Å². The van der Waals surface area contributed by atoms with Gasteiger partial charge in [0.2, 0.25) is 0 Å². The van der Waals surface area contributed by atoms with E-state index in [0.717, 1.165) is 32.4 Å². The van der Waals surface area contributed by atoms with Gasteiger partial charge in [0.05, 0.1) is 0 Å². The van der Waals surface area contributed by atoms with E-state index < -0.39 is 11.9 Å². The molecule has 5 heteroatoms. The zero-order valence-electron chi connectivity index (χ0n) is 16.8. The molecule has 1 N–H and O–H groups in total. The lowest BCUT2D eigenvalue weighted by Crippen LogP contribution is -2.47. The van der Waals surface area contributed by atoms with Gasteiger partial charge in [0, 0.05) is 19.0 Å². The lowest BCUT2D eigenvalue weighted by atomic mass is 10.00. The number of aryl methyl sites for hydroxylation is 2. The molecule has 0 saturated heterocycles. The Balaban J connectivity index is 1.88. The van der Waals surface area contributed by atoms with Crippen LogP contribution in [0.2, 0.25) is 0 Å². The molecule has 0 saturated carbocycles. The van der Waals surface area contributed by atoms with Crippen LogP contribution in [0.3, 0.4) is 0 Å². The lowest BCUT2D eigenvalue weighted by molar-refractivity contribution is -0.129. The highest BCUT2D eigenvalue weighted by atomic mass is 16.2. The second-order valence-electron chi connectivity index (χ2n) is 7.23. The van der Waals surface area contributed by atoms with Gasteiger partial charge in [0.1, 0.15) is 6.04 Å². The molecule has 3 aromatic rings. The van der Waals surface area contributed by atoms with Gasteiger partial charge in [0.25, 0.3) is 11.8 Å². The van der Waals surface area contributed by atoms with Crippen molar-refractivity contribution in [1.29, 1.82) is 5.26 Å². The van der Waals surface area contributed by atoms with Gasteiger partial charge in [-0.3, -0.25) is 14.5 Å². The molecule has 0 bridgehead atoms. The van der Waals surface area contributed by atoms with E-state index in [1.54, 1.807) is 6.07 Å². The van der Waals surface area contributed by atoms with Gasteiger partial charge in [-0.1, -0.05) is 60.2 Å². The molecule has 0 aliphatic carbocycles. The molecular formula is C24H23N3O2. The third-order valence-corrected chi connectivity index (χ3v) is 4.96. The van der Waals surface area contributed by atoms with Crippen LogP contribution in [0.25, 0.3) is 10.8 Å². The van der Waals surface area contributed by atoms with Crippen LogP contribution in [-0.4, -0.2) is 29.8 Å². The molecule has 1 unspecified atom stereocenters. The second kappa shape index (κ2) is 8.57. The van der Waals surface area contributed by atoms with Gasteiger partial charge < -0.3 is 5.32 Å². The Bertz CT molecular complexity index is 1110. The second-order valence-corrected chi connectivity index (χ2v) is 7.23. The van der Waals surface area contributed by atoms with Crippen molar-refractivity contribution < 1.29 is 9.59 Å². The van der Waals surface area contributed by atoms with Crippen LogP contribution in [0.1, 0.15) is 27.0 Å². The number of benzene rings is 3. The maximum Gasteiger partial charge on any atom is 0.258 e. The largest absolute Gasteiger partial charge is 0.340 e. The lowest BCUT2D eigenvalue weighted by Gasteiger charge is -2.21. The minimum Gasteiger partial charge on any atom is -0.340 e. The smallest absolute Gasteiger partial charge is 0.258 e. The van der Waals surface area contributed by atoms with Crippen molar-refractivity contribution in [2.45, 2.75) is 26.3 Å². The summed E-state index contributed by atoms with van der Waals surface area (Å²) in [6.07, 6.45) is 2.12. The Kier molecular flexibility index (Phi) is 5.94. The van der Waals surface area contributed by atoms with Crippen LogP contribution in [0.15, 0.2) is 60.7 Å². The molecule has 0 aromatic heterocycles. The molecular weight excluding hydrogens is 362 g/mol.